The average molecular weight is 387 g/mol. The van der Waals surface area contributed by atoms with E-state index >= 15 is 0 Å². The number of benzene rings is 3. The van der Waals surface area contributed by atoms with Crippen LogP contribution in [0.4, 0.5) is 0 Å². The smallest absolute Gasteiger partial charge is 0.0303 e. The first-order chi connectivity index (χ1) is 13.2. The zero-order chi connectivity index (χ0) is 19.1. The van der Waals surface area contributed by atoms with Crippen molar-refractivity contribution >= 4 is 16.3 Å². The summed E-state index contributed by atoms with van der Waals surface area (Å²) < 4.78 is 0. The first-order valence-electron chi connectivity index (χ1n) is 10.2. The van der Waals surface area contributed by atoms with Gasteiger partial charge in [0.25, 0.3) is 0 Å². The summed E-state index contributed by atoms with van der Waals surface area (Å²) in [6.45, 7) is 8.34. The molecule has 0 bridgehead atoms. The van der Waals surface area contributed by atoms with E-state index in [-0.39, 0.29) is 14.9 Å². The summed E-state index contributed by atoms with van der Waals surface area (Å²) in [5.41, 5.74) is 9.36. The van der Waals surface area contributed by atoms with Crippen LogP contribution in [0.1, 0.15) is 76.1 Å². The van der Waals surface area contributed by atoms with Gasteiger partial charge in [-0.15, -0.1) is 5.73 Å². The molecule has 29 heavy (non-hydrogen) atoms. The zero-order valence-electron chi connectivity index (χ0n) is 16.7. The number of hydrogen-bond donors (Lipinski definition) is 0. The SMILES string of the molecule is C.C.C1CCC1.C=C=C(c1ccccc1)c1ccc2c(CCC)c(C)ccc2c1. The van der Waals surface area contributed by atoms with Gasteiger partial charge in [-0.2, -0.15) is 0 Å². The predicted octanol–water partition coefficient (Wildman–Crippen LogP) is 9.15. The fraction of sp³-hybridized carbons (Fsp3) is 0.345. The van der Waals surface area contributed by atoms with Crippen molar-refractivity contribution in [2.24, 2.45) is 0 Å². The Balaban J connectivity index is 0.000000627. The van der Waals surface area contributed by atoms with Crippen LogP contribution < -0.4 is 0 Å². The molecule has 0 saturated heterocycles. The van der Waals surface area contributed by atoms with Crippen molar-refractivity contribution in [1.82, 2.24) is 0 Å². The Bertz CT molecular complexity index is 932. The van der Waals surface area contributed by atoms with Gasteiger partial charge in [0, 0.05) is 5.57 Å². The molecule has 0 amide bonds. The first-order valence-corrected chi connectivity index (χ1v) is 10.2. The van der Waals surface area contributed by atoms with Gasteiger partial charge in [-0.25, -0.2) is 0 Å². The summed E-state index contributed by atoms with van der Waals surface area (Å²) >= 11 is 0. The van der Waals surface area contributed by atoms with Crippen LogP contribution in [0.5, 0.6) is 0 Å². The average Bonchev–Trinajstić information content (AvgIpc) is 2.64. The highest BCUT2D eigenvalue weighted by Gasteiger charge is 2.08. The van der Waals surface area contributed by atoms with Gasteiger partial charge < -0.3 is 0 Å². The topological polar surface area (TPSA) is 0 Å². The lowest BCUT2D eigenvalue weighted by Gasteiger charge is -2.12. The Morgan fingerprint density at radius 3 is 2.07 bits per heavy atom. The van der Waals surface area contributed by atoms with Crippen molar-refractivity contribution in [3.63, 3.8) is 0 Å². The van der Waals surface area contributed by atoms with Crippen LogP contribution in [0.3, 0.4) is 0 Å². The summed E-state index contributed by atoms with van der Waals surface area (Å²) in [7, 11) is 0. The van der Waals surface area contributed by atoms with Gasteiger partial charge in [0.1, 0.15) is 0 Å². The standard InChI is InChI=1S/C23H22.C4H8.2CH4/c1-4-9-22-17(3)12-13-20-16-19(14-15-23(20)22)21(5-2)18-10-7-6-8-11-18;1-2-4-3-1;;/h6-8,10-16H,2,4,9H2,1,3H3;1-4H2;2*1H4. The normalized spacial score (nSPS) is 11.7. The maximum atomic E-state index is 3.89. The highest BCUT2D eigenvalue weighted by Crippen LogP contribution is 2.29. The predicted molar refractivity (Wildman–Crippen MR) is 133 cm³/mol. The summed E-state index contributed by atoms with van der Waals surface area (Å²) in [5.74, 6) is 0. The van der Waals surface area contributed by atoms with E-state index in [2.05, 4.69) is 80.8 Å². The quantitative estimate of drug-likeness (QED) is 0.392. The lowest BCUT2D eigenvalue weighted by molar-refractivity contribution is 0.504. The molecule has 0 atom stereocenters. The molecule has 0 radical (unpaired) electrons. The van der Waals surface area contributed by atoms with Gasteiger partial charge >= 0.3 is 0 Å². The van der Waals surface area contributed by atoms with E-state index in [4.69, 9.17) is 0 Å². The molecule has 0 aliphatic heterocycles. The minimum Gasteiger partial charge on any atom is -0.119 e. The molecule has 0 heterocycles. The van der Waals surface area contributed by atoms with Crippen molar-refractivity contribution in [3.05, 3.63) is 95.2 Å². The minimum atomic E-state index is 0. The van der Waals surface area contributed by atoms with Crippen LogP contribution in [-0.2, 0) is 6.42 Å². The maximum Gasteiger partial charge on any atom is 0.0303 e. The van der Waals surface area contributed by atoms with E-state index in [1.807, 2.05) is 6.07 Å². The van der Waals surface area contributed by atoms with E-state index in [9.17, 15) is 0 Å². The summed E-state index contributed by atoms with van der Waals surface area (Å²) in [6, 6.07) is 21.5. The number of aryl methyl sites for hydroxylation is 2. The van der Waals surface area contributed by atoms with Crippen LogP contribution in [-0.4, -0.2) is 0 Å². The van der Waals surface area contributed by atoms with E-state index in [1.54, 1.807) is 0 Å². The summed E-state index contributed by atoms with van der Waals surface area (Å²) in [6.07, 6.45) is 8.30. The van der Waals surface area contributed by atoms with Crippen molar-refractivity contribution in [2.75, 3.05) is 0 Å². The second-order valence-electron chi connectivity index (χ2n) is 7.38. The third-order valence-corrected chi connectivity index (χ3v) is 5.39. The van der Waals surface area contributed by atoms with Gasteiger partial charge in [-0.05, 0) is 52.4 Å². The molecule has 3 aromatic rings. The fourth-order valence-electron chi connectivity index (χ4n) is 3.47. The summed E-state index contributed by atoms with van der Waals surface area (Å²) in [4.78, 5) is 0. The van der Waals surface area contributed by atoms with Crippen LogP contribution in [0.2, 0.25) is 0 Å². The Kier molecular flexibility index (Phi) is 10.2. The van der Waals surface area contributed by atoms with Crippen molar-refractivity contribution < 1.29 is 0 Å². The monoisotopic (exact) mass is 386 g/mol. The molecule has 0 spiro atoms. The van der Waals surface area contributed by atoms with E-state index < -0.39 is 0 Å². The van der Waals surface area contributed by atoms with E-state index in [0.717, 1.165) is 17.6 Å². The van der Waals surface area contributed by atoms with Crippen molar-refractivity contribution in [3.8, 4) is 0 Å². The summed E-state index contributed by atoms with van der Waals surface area (Å²) in [5, 5.41) is 2.66. The van der Waals surface area contributed by atoms with Crippen LogP contribution in [0.15, 0.2) is 73.0 Å². The third-order valence-electron chi connectivity index (χ3n) is 5.39. The third kappa shape index (κ3) is 5.96. The van der Waals surface area contributed by atoms with Gasteiger partial charge in [0.15, 0.2) is 0 Å². The van der Waals surface area contributed by atoms with E-state index in [0.29, 0.717) is 0 Å². The Morgan fingerprint density at radius 1 is 0.862 bits per heavy atom. The van der Waals surface area contributed by atoms with Crippen molar-refractivity contribution in [1.29, 1.82) is 0 Å². The molecule has 0 unspecified atom stereocenters. The second-order valence-corrected chi connectivity index (χ2v) is 7.38. The molecular weight excluding hydrogens is 348 g/mol. The van der Waals surface area contributed by atoms with E-state index in [1.165, 1.54) is 59.6 Å². The van der Waals surface area contributed by atoms with Crippen molar-refractivity contribution in [2.45, 2.75) is 67.2 Å². The van der Waals surface area contributed by atoms with Crippen LogP contribution in [0.25, 0.3) is 16.3 Å². The molecule has 0 heteroatoms. The number of fused-ring (bicyclic) bond motifs is 1. The molecule has 1 fully saturated rings. The molecule has 1 aliphatic rings. The lowest BCUT2D eigenvalue weighted by atomic mass is 9.92. The second kappa shape index (κ2) is 12.1. The maximum absolute atomic E-state index is 3.89. The minimum absolute atomic E-state index is 0. The Labute approximate surface area is 179 Å². The highest BCUT2D eigenvalue weighted by molar-refractivity contribution is 5.91. The van der Waals surface area contributed by atoms with Gasteiger partial charge in [0.2, 0.25) is 0 Å². The zero-order valence-corrected chi connectivity index (χ0v) is 16.7. The lowest BCUT2D eigenvalue weighted by Crippen LogP contribution is -1.93. The number of rotatable bonds is 4. The molecule has 1 saturated carbocycles. The molecule has 4 rings (SSSR count). The van der Waals surface area contributed by atoms with Gasteiger partial charge in [-0.1, -0.05) is 115 Å². The first kappa shape index (κ1) is 24.5. The highest BCUT2D eigenvalue weighted by atomic mass is 14.1. The molecule has 0 nitrogen and oxygen atoms in total. The molecule has 154 valence electrons. The van der Waals surface area contributed by atoms with Crippen LogP contribution in [0, 0.1) is 6.92 Å². The Hall–Kier alpha value is -2.56. The molecule has 3 aromatic carbocycles. The molecule has 1 aliphatic carbocycles. The molecule has 0 aromatic heterocycles. The fourth-order valence-corrected chi connectivity index (χ4v) is 3.47. The van der Waals surface area contributed by atoms with Gasteiger partial charge in [-0.3, -0.25) is 0 Å². The Morgan fingerprint density at radius 2 is 1.52 bits per heavy atom. The van der Waals surface area contributed by atoms with Crippen LogP contribution >= 0.6 is 0 Å². The largest absolute Gasteiger partial charge is 0.119 e. The number of hydrogen-bond acceptors (Lipinski definition) is 0. The molecular formula is C29H38. The van der Waals surface area contributed by atoms with Gasteiger partial charge in [0.05, 0.1) is 0 Å². The molecule has 0 N–H and O–H groups in total.